The number of aromatic nitrogens is 3. The summed E-state index contributed by atoms with van der Waals surface area (Å²) in [6, 6.07) is 8.86. The Balaban J connectivity index is 1.39. The smallest absolute Gasteiger partial charge is 0.307 e. The van der Waals surface area contributed by atoms with E-state index in [1.54, 1.807) is 17.7 Å². The van der Waals surface area contributed by atoms with Gasteiger partial charge in [0.2, 0.25) is 0 Å². The molecule has 1 aromatic carbocycles. The number of rotatable bonds is 5. The Morgan fingerprint density at radius 3 is 2.59 bits per heavy atom. The molecular formula is C31H35N5O2S. The fourth-order valence-electron chi connectivity index (χ4n) is 6.18. The Labute approximate surface area is 233 Å². The number of aliphatic carboxylic acids is 1. The van der Waals surface area contributed by atoms with E-state index >= 15 is 0 Å². The van der Waals surface area contributed by atoms with Crippen molar-refractivity contribution in [3.8, 4) is 11.1 Å². The number of nitrogens with zero attached hydrogens (tertiary/aromatic N) is 5. The minimum absolute atomic E-state index is 0.0166. The van der Waals surface area contributed by atoms with E-state index < -0.39 is 5.97 Å². The van der Waals surface area contributed by atoms with Crippen LogP contribution in [0.25, 0.3) is 21.3 Å². The molecule has 1 N–H and O–H groups in total. The lowest BCUT2D eigenvalue weighted by atomic mass is 9.82. The maximum Gasteiger partial charge on any atom is 0.307 e. The van der Waals surface area contributed by atoms with Crippen molar-refractivity contribution in [2.24, 2.45) is 5.41 Å². The molecule has 6 rings (SSSR count). The first-order valence-corrected chi connectivity index (χ1v) is 14.6. The molecule has 1 saturated heterocycles. The van der Waals surface area contributed by atoms with Gasteiger partial charge in [0.15, 0.2) is 0 Å². The van der Waals surface area contributed by atoms with Gasteiger partial charge in [0.1, 0.15) is 17.0 Å². The lowest BCUT2D eigenvalue weighted by Crippen LogP contribution is -2.38. The molecule has 2 aliphatic rings. The van der Waals surface area contributed by atoms with Gasteiger partial charge in [-0.15, -0.1) is 11.3 Å². The Morgan fingerprint density at radius 2 is 1.82 bits per heavy atom. The van der Waals surface area contributed by atoms with Crippen LogP contribution in [0.4, 0.5) is 11.5 Å². The van der Waals surface area contributed by atoms with Crippen LogP contribution in [0.1, 0.15) is 54.8 Å². The van der Waals surface area contributed by atoms with Crippen molar-refractivity contribution in [2.75, 3.05) is 29.4 Å². The minimum Gasteiger partial charge on any atom is -0.481 e. The standard InChI is InChI=1S/C31H35N5O2S/c1-19-25(16-26(37)38)28(35-12-9-31(3,4)10-13-35)27(20(2)34-19)22-5-6-23-17-36(11-7-21(23)15-22)29-24-8-14-39-30(24)33-18-32-29/h5-6,8,14-15,18H,7,9-13,16-17H2,1-4H3,(H,37,38). The SMILES string of the molecule is Cc1nc(C)c(-c2ccc3c(c2)CCN(c2ncnc4sccc24)C3)c(N2CCC(C)(C)CC2)c1CC(=O)O. The number of piperidine rings is 1. The number of pyridine rings is 1. The summed E-state index contributed by atoms with van der Waals surface area (Å²) in [5.41, 5.74) is 8.83. The highest BCUT2D eigenvalue weighted by Gasteiger charge is 2.30. The highest BCUT2D eigenvalue weighted by atomic mass is 32.1. The second-order valence-electron chi connectivity index (χ2n) is 11.7. The van der Waals surface area contributed by atoms with E-state index in [0.29, 0.717) is 5.41 Å². The van der Waals surface area contributed by atoms with Crippen molar-refractivity contribution in [3.63, 3.8) is 0 Å². The number of hydrogen-bond acceptors (Lipinski definition) is 7. The third-order valence-electron chi connectivity index (χ3n) is 8.47. The molecule has 5 heterocycles. The number of thiophene rings is 1. The quantitative estimate of drug-likeness (QED) is 0.323. The van der Waals surface area contributed by atoms with Crippen LogP contribution in [0.3, 0.4) is 0 Å². The topological polar surface area (TPSA) is 82.5 Å². The van der Waals surface area contributed by atoms with Crippen LogP contribution in [0.15, 0.2) is 36.0 Å². The molecule has 0 atom stereocenters. The summed E-state index contributed by atoms with van der Waals surface area (Å²) >= 11 is 1.65. The van der Waals surface area contributed by atoms with E-state index in [4.69, 9.17) is 4.98 Å². The van der Waals surface area contributed by atoms with Crippen LogP contribution in [-0.4, -0.2) is 45.7 Å². The normalized spacial score (nSPS) is 16.9. The second-order valence-corrected chi connectivity index (χ2v) is 12.6. The van der Waals surface area contributed by atoms with E-state index in [9.17, 15) is 9.90 Å². The van der Waals surface area contributed by atoms with Crippen molar-refractivity contribution >= 4 is 39.0 Å². The summed E-state index contributed by atoms with van der Waals surface area (Å²) in [5, 5.41) is 13.0. The molecule has 0 unspecified atom stereocenters. The number of aryl methyl sites for hydroxylation is 2. The fraction of sp³-hybridized carbons (Fsp3) is 0.419. The Kier molecular flexibility index (Phi) is 6.53. The van der Waals surface area contributed by atoms with Gasteiger partial charge in [0.05, 0.1) is 17.5 Å². The first-order chi connectivity index (χ1) is 18.7. The van der Waals surface area contributed by atoms with E-state index in [2.05, 4.69) is 70.2 Å². The molecule has 39 heavy (non-hydrogen) atoms. The molecule has 2 aliphatic heterocycles. The van der Waals surface area contributed by atoms with Gasteiger partial charge in [-0.1, -0.05) is 32.0 Å². The summed E-state index contributed by atoms with van der Waals surface area (Å²) in [6.07, 6.45) is 4.74. The van der Waals surface area contributed by atoms with Crippen LogP contribution in [0.5, 0.6) is 0 Å². The van der Waals surface area contributed by atoms with E-state index in [1.807, 2.05) is 6.92 Å². The lowest BCUT2D eigenvalue weighted by molar-refractivity contribution is -0.136. The molecule has 7 nitrogen and oxygen atoms in total. The van der Waals surface area contributed by atoms with Crippen LogP contribution in [-0.2, 0) is 24.2 Å². The van der Waals surface area contributed by atoms with Gasteiger partial charge in [-0.2, -0.15) is 0 Å². The van der Waals surface area contributed by atoms with Crippen molar-refractivity contribution < 1.29 is 9.90 Å². The summed E-state index contributed by atoms with van der Waals surface area (Å²) in [4.78, 5) is 31.6. The van der Waals surface area contributed by atoms with Crippen molar-refractivity contribution in [3.05, 3.63) is 64.1 Å². The van der Waals surface area contributed by atoms with Gasteiger partial charge in [-0.05, 0) is 66.7 Å². The van der Waals surface area contributed by atoms with Gasteiger partial charge in [-0.3, -0.25) is 9.78 Å². The monoisotopic (exact) mass is 541 g/mol. The van der Waals surface area contributed by atoms with Crippen LogP contribution < -0.4 is 9.80 Å². The predicted molar refractivity (Wildman–Crippen MR) is 158 cm³/mol. The van der Waals surface area contributed by atoms with Gasteiger partial charge >= 0.3 is 5.97 Å². The average Bonchev–Trinajstić information content (AvgIpc) is 3.39. The average molecular weight is 542 g/mol. The summed E-state index contributed by atoms with van der Waals surface area (Å²) in [5.74, 6) is 0.187. The number of carboxylic acid groups (broad SMARTS) is 1. The molecule has 0 bridgehead atoms. The molecule has 0 aliphatic carbocycles. The van der Waals surface area contributed by atoms with Crippen molar-refractivity contribution in [1.29, 1.82) is 0 Å². The zero-order valence-electron chi connectivity index (χ0n) is 23.1. The largest absolute Gasteiger partial charge is 0.481 e. The molecule has 3 aromatic heterocycles. The van der Waals surface area contributed by atoms with E-state index in [-0.39, 0.29) is 6.42 Å². The highest BCUT2D eigenvalue weighted by Crippen LogP contribution is 2.42. The summed E-state index contributed by atoms with van der Waals surface area (Å²) in [6.45, 7) is 12.2. The van der Waals surface area contributed by atoms with Crippen LogP contribution >= 0.6 is 11.3 Å². The molecule has 0 amide bonds. The molecule has 202 valence electrons. The third kappa shape index (κ3) is 4.86. The lowest BCUT2D eigenvalue weighted by Gasteiger charge is -2.40. The first kappa shape index (κ1) is 25.7. The van der Waals surface area contributed by atoms with Crippen LogP contribution in [0, 0.1) is 19.3 Å². The first-order valence-electron chi connectivity index (χ1n) is 13.7. The van der Waals surface area contributed by atoms with Gasteiger partial charge in [0.25, 0.3) is 0 Å². The fourth-order valence-corrected chi connectivity index (χ4v) is 6.91. The minimum atomic E-state index is -0.816. The zero-order chi connectivity index (χ0) is 27.3. The predicted octanol–water partition coefficient (Wildman–Crippen LogP) is 6.19. The molecule has 4 aromatic rings. The number of carboxylic acids is 1. The Hall–Kier alpha value is -3.52. The number of anilines is 2. The van der Waals surface area contributed by atoms with E-state index in [0.717, 1.165) is 95.2 Å². The molecule has 0 radical (unpaired) electrons. The van der Waals surface area contributed by atoms with Gasteiger partial charge in [-0.25, -0.2) is 9.97 Å². The zero-order valence-corrected chi connectivity index (χ0v) is 23.9. The number of fused-ring (bicyclic) bond motifs is 2. The number of carbonyl (C=O) groups is 1. The highest BCUT2D eigenvalue weighted by molar-refractivity contribution is 7.16. The molecular weight excluding hydrogens is 506 g/mol. The van der Waals surface area contributed by atoms with Gasteiger partial charge < -0.3 is 14.9 Å². The number of benzene rings is 1. The Bertz CT molecular complexity index is 1570. The summed E-state index contributed by atoms with van der Waals surface area (Å²) in [7, 11) is 0. The molecule has 1 fully saturated rings. The molecule has 0 saturated carbocycles. The maximum absolute atomic E-state index is 11.9. The van der Waals surface area contributed by atoms with E-state index in [1.165, 1.54) is 11.1 Å². The van der Waals surface area contributed by atoms with Crippen LogP contribution in [0.2, 0.25) is 0 Å². The maximum atomic E-state index is 11.9. The Morgan fingerprint density at radius 1 is 1.03 bits per heavy atom. The third-order valence-corrected chi connectivity index (χ3v) is 9.29. The molecule has 0 spiro atoms. The molecule has 8 heteroatoms. The summed E-state index contributed by atoms with van der Waals surface area (Å²) < 4.78 is 0. The van der Waals surface area contributed by atoms with Crippen molar-refractivity contribution in [1.82, 2.24) is 15.0 Å². The second kappa shape index (κ2) is 9.90. The van der Waals surface area contributed by atoms with Gasteiger partial charge in [0, 0.05) is 48.7 Å². The van der Waals surface area contributed by atoms with Crippen molar-refractivity contribution in [2.45, 2.75) is 59.9 Å². The number of hydrogen-bond donors (Lipinski definition) is 1.